The van der Waals surface area contributed by atoms with E-state index >= 15 is 0 Å². The predicted octanol–water partition coefficient (Wildman–Crippen LogP) is 6.27. The van der Waals surface area contributed by atoms with Gasteiger partial charge in [0, 0.05) is 28.0 Å². The van der Waals surface area contributed by atoms with Gasteiger partial charge < -0.3 is 4.42 Å². The molecule has 0 saturated heterocycles. The fraction of sp³-hybridized carbons (Fsp3) is 0.0476. The molecule has 0 N–H and O–H groups in total. The van der Waals surface area contributed by atoms with Crippen molar-refractivity contribution in [2.45, 2.75) is 6.42 Å². The van der Waals surface area contributed by atoms with Gasteiger partial charge in [0.1, 0.15) is 12.0 Å². The van der Waals surface area contributed by atoms with Gasteiger partial charge in [-0.05, 0) is 17.0 Å². The molecule has 23 heavy (non-hydrogen) atoms. The largest absolute Gasteiger partial charge is 0.463 e. The first-order chi connectivity index (χ1) is 11.4. The Morgan fingerprint density at radius 1 is 0.783 bits per heavy atom. The highest BCUT2D eigenvalue weighted by Crippen LogP contribution is 2.37. The van der Waals surface area contributed by atoms with Crippen LogP contribution in [0.5, 0.6) is 0 Å². The van der Waals surface area contributed by atoms with E-state index in [4.69, 9.17) is 4.42 Å². The first kappa shape index (κ1) is 14.0. The second-order valence-corrected chi connectivity index (χ2v) is 6.41. The lowest BCUT2D eigenvalue weighted by Gasteiger charge is -2.06. The van der Waals surface area contributed by atoms with Crippen LogP contribution in [-0.4, -0.2) is 0 Å². The number of hydrogen-bond acceptors (Lipinski definition) is 2. The van der Waals surface area contributed by atoms with Crippen molar-refractivity contribution in [3.05, 3.63) is 95.6 Å². The number of rotatable bonds is 4. The predicted molar refractivity (Wildman–Crippen MR) is 96.7 cm³/mol. The summed E-state index contributed by atoms with van der Waals surface area (Å²) >= 11 is 1.75. The Kier molecular flexibility index (Phi) is 3.83. The van der Waals surface area contributed by atoms with Crippen molar-refractivity contribution in [1.82, 2.24) is 0 Å². The Balaban J connectivity index is 1.84. The van der Waals surface area contributed by atoms with Gasteiger partial charge in [0.2, 0.25) is 0 Å². The van der Waals surface area contributed by atoms with Crippen molar-refractivity contribution in [2.24, 2.45) is 0 Å². The second-order valence-electron chi connectivity index (χ2n) is 5.46. The molecule has 112 valence electrons. The summed E-state index contributed by atoms with van der Waals surface area (Å²) in [4.78, 5) is 1.25. The van der Waals surface area contributed by atoms with E-state index in [2.05, 4.69) is 72.1 Å². The van der Waals surface area contributed by atoms with Gasteiger partial charge in [0.15, 0.2) is 0 Å². The highest BCUT2D eigenvalue weighted by atomic mass is 32.1. The molecule has 0 aliphatic heterocycles. The van der Waals surface area contributed by atoms with Crippen LogP contribution in [-0.2, 0) is 6.42 Å². The van der Waals surface area contributed by atoms with Crippen LogP contribution in [0.15, 0.2) is 88.9 Å². The number of benzene rings is 2. The summed E-state index contributed by atoms with van der Waals surface area (Å²) in [5.41, 5.74) is 4.87. The summed E-state index contributed by atoms with van der Waals surface area (Å²) in [6.45, 7) is 0. The molecule has 4 rings (SSSR count). The Morgan fingerprint density at radius 3 is 2.22 bits per heavy atom. The average molecular weight is 316 g/mol. The van der Waals surface area contributed by atoms with E-state index in [9.17, 15) is 0 Å². The maximum atomic E-state index is 5.98. The zero-order chi connectivity index (χ0) is 15.5. The maximum absolute atomic E-state index is 5.98. The summed E-state index contributed by atoms with van der Waals surface area (Å²) in [6, 6.07) is 25.1. The molecule has 2 heterocycles. The average Bonchev–Trinajstić information content (AvgIpc) is 3.26. The molecular formula is C21H16OS. The number of furan rings is 1. The molecule has 0 amide bonds. The monoisotopic (exact) mass is 316 g/mol. The van der Waals surface area contributed by atoms with E-state index in [1.807, 2.05) is 12.3 Å². The molecule has 4 aromatic rings. The van der Waals surface area contributed by atoms with E-state index < -0.39 is 0 Å². The number of thiophene rings is 1. The van der Waals surface area contributed by atoms with Crippen LogP contribution in [0.2, 0.25) is 0 Å². The minimum atomic E-state index is 0.870. The Hall–Kier alpha value is -2.58. The number of hydrogen-bond donors (Lipinski definition) is 0. The second kappa shape index (κ2) is 6.27. The van der Waals surface area contributed by atoms with E-state index in [-0.39, 0.29) is 0 Å². The van der Waals surface area contributed by atoms with Gasteiger partial charge in [-0.15, -0.1) is 11.3 Å². The molecule has 0 saturated carbocycles. The van der Waals surface area contributed by atoms with Crippen LogP contribution < -0.4 is 0 Å². The van der Waals surface area contributed by atoms with Gasteiger partial charge >= 0.3 is 0 Å². The molecule has 1 nitrogen and oxygen atoms in total. The van der Waals surface area contributed by atoms with Crippen molar-refractivity contribution in [3.8, 4) is 21.8 Å². The SMILES string of the molecule is c1ccc(Cc2c(-c3cccs3)coc2-c2ccccc2)cc1. The third-order valence-electron chi connectivity index (χ3n) is 3.94. The first-order valence-electron chi connectivity index (χ1n) is 7.65. The topological polar surface area (TPSA) is 13.1 Å². The fourth-order valence-electron chi connectivity index (χ4n) is 2.83. The van der Waals surface area contributed by atoms with E-state index in [1.54, 1.807) is 11.3 Å². The maximum Gasteiger partial charge on any atom is 0.138 e. The molecule has 0 aliphatic carbocycles. The molecule has 0 spiro atoms. The minimum Gasteiger partial charge on any atom is -0.463 e. The van der Waals surface area contributed by atoms with E-state index in [0.29, 0.717) is 0 Å². The van der Waals surface area contributed by atoms with Crippen LogP contribution >= 0.6 is 11.3 Å². The summed E-state index contributed by atoms with van der Waals surface area (Å²) in [5, 5.41) is 2.11. The van der Waals surface area contributed by atoms with Crippen molar-refractivity contribution in [3.63, 3.8) is 0 Å². The van der Waals surface area contributed by atoms with Gasteiger partial charge in [-0.3, -0.25) is 0 Å². The molecule has 2 aromatic carbocycles. The summed E-state index contributed by atoms with van der Waals surface area (Å²) < 4.78 is 5.98. The highest BCUT2D eigenvalue weighted by molar-refractivity contribution is 7.13. The van der Waals surface area contributed by atoms with Gasteiger partial charge in [-0.1, -0.05) is 66.7 Å². The van der Waals surface area contributed by atoms with Crippen LogP contribution in [0.3, 0.4) is 0 Å². The Bertz CT molecular complexity index is 874. The Labute approximate surface area is 139 Å². The van der Waals surface area contributed by atoms with Crippen molar-refractivity contribution in [2.75, 3.05) is 0 Å². The quantitative estimate of drug-likeness (QED) is 0.433. The van der Waals surface area contributed by atoms with E-state index in [1.165, 1.54) is 21.6 Å². The van der Waals surface area contributed by atoms with Crippen LogP contribution in [0.25, 0.3) is 21.8 Å². The summed E-state index contributed by atoms with van der Waals surface area (Å²) in [6.07, 6.45) is 2.77. The minimum absolute atomic E-state index is 0.870. The molecule has 0 fully saturated rings. The summed E-state index contributed by atoms with van der Waals surface area (Å²) in [7, 11) is 0. The normalized spacial score (nSPS) is 10.8. The first-order valence-corrected chi connectivity index (χ1v) is 8.53. The molecule has 2 aromatic heterocycles. The smallest absolute Gasteiger partial charge is 0.138 e. The molecule has 0 atom stereocenters. The molecule has 2 heteroatoms. The molecular weight excluding hydrogens is 300 g/mol. The Morgan fingerprint density at radius 2 is 1.52 bits per heavy atom. The molecule has 0 aliphatic rings. The standard InChI is InChI=1S/C21H16OS/c1-3-8-16(9-4-1)14-18-19(20-12-7-13-23-20)15-22-21(18)17-10-5-2-6-11-17/h1-13,15H,14H2. The molecule has 0 unspecified atom stereocenters. The molecule has 0 radical (unpaired) electrons. The third kappa shape index (κ3) is 2.86. The van der Waals surface area contributed by atoms with Gasteiger partial charge in [-0.25, -0.2) is 0 Å². The zero-order valence-corrected chi connectivity index (χ0v) is 13.4. The lowest BCUT2D eigenvalue weighted by Crippen LogP contribution is -1.91. The van der Waals surface area contributed by atoms with Gasteiger partial charge in [0.25, 0.3) is 0 Å². The highest BCUT2D eigenvalue weighted by Gasteiger charge is 2.17. The zero-order valence-electron chi connectivity index (χ0n) is 12.6. The summed E-state index contributed by atoms with van der Waals surface area (Å²) in [5.74, 6) is 0.970. The fourth-order valence-corrected chi connectivity index (χ4v) is 3.59. The molecule has 0 bridgehead atoms. The third-order valence-corrected chi connectivity index (χ3v) is 4.84. The van der Waals surface area contributed by atoms with E-state index in [0.717, 1.165) is 17.7 Å². The van der Waals surface area contributed by atoms with Crippen LogP contribution in [0.4, 0.5) is 0 Å². The van der Waals surface area contributed by atoms with Gasteiger partial charge in [-0.2, -0.15) is 0 Å². The van der Waals surface area contributed by atoms with Crippen molar-refractivity contribution in [1.29, 1.82) is 0 Å². The lowest BCUT2D eigenvalue weighted by atomic mass is 9.98. The van der Waals surface area contributed by atoms with Crippen molar-refractivity contribution < 1.29 is 4.42 Å². The van der Waals surface area contributed by atoms with Gasteiger partial charge in [0.05, 0.1) is 0 Å². The van der Waals surface area contributed by atoms with Crippen molar-refractivity contribution >= 4 is 11.3 Å². The van der Waals surface area contributed by atoms with Crippen LogP contribution in [0, 0.1) is 0 Å². The lowest BCUT2D eigenvalue weighted by molar-refractivity contribution is 0.581. The van der Waals surface area contributed by atoms with Crippen LogP contribution in [0.1, 0.15) is 11.1 Å².